The van der Waals surface area contributed by atoms with Crippen LogP contribution in [-0.4, -0.2) is 27.3 Å². The zero-order valence-electron chi connectivity index (χ0n) is 11.8. The van der Waals surface area contributed by atoms with Crippen molar-refractivity contribution < 1.29 is 4.74 Å². The van der Waals surface area contributed by atoms with Gasteiger partial charge in [-0.25, -0.2) is 15.8 Å². The standard InChI is InChI=1S/C13H18N6O/c1-8(2)6-9-7-11(17-14)16-13(15-9)10-4-5-12(20-3)19-18-10/h4-5,7-8H,6,14H2,1-3H3,(H,15,16,17). The number of hydrogen-bond donors (Lipinski definition) is 2. The molecular formula is C13H18N6O. The fourth-order valence-electron chi connectivity index (χ4n) is 1.76. The SMILES string of the molecule is COc1ccc(-c2nc(CC(C)C)cc(NN)n2)nn1. The smallest absolute Gasteiger partial charge is 0.233 e. The van der Waals surface area contributed by atoms with Gasteiger partial charge >= 0.3 is 0 Å². The van der Waals surface area contributed by atoms with Crippen molar-refractivity contribution in [2.45, 2.75) is 20.3 Å². The summed E-state index contributed by atoms with van der Waals surface area (Å²) in [5.74, 6) is 7.44. The minimum atomic E-state index is 0.448. The van der Waals surface area contributed by atoms with Crippen LogP contribution >= 0.6 is 0 Å². The molecule has 2 rings (SSSR count). The number of hydrazine groups is 1. The van der Waals surface area contributed by atoms with Crippen molar-refractivity contribution in [3.63, 3.8) is 0 Å². The topological polar surface area (TPSA) is 98.8 Å². The van der Waals surface area contributed by atoms with Gasteiger partial charge in [-0.15, -0.1) is 10.2 Å². The molecule has 0 saturated heterocycles. The van der Waals surface area contributed by atoms with Crippen LogP contribution < -0.4 is 16.0 Å². The van der Waals surface area contributed by atoms with Crippen LogP contribution in [0.2, 0.25) is 0 Å². The molecule has 2 heterocycles. The van der Waals surface area contributed by atoms with Crippen LogP contribution in [0.15, 0.2) is 18.2 Å². The van der Waals surface area contributed by atoms with E-state index in [1.807, 2.05) is 6.07 Å². The molecule has 2 aromatic heterocycles. The van der Waals surface area contributed by atoms with E-state index in [4.69, 9.17) is 10.6 Å². The lowest BCUT2D eigenvalue weighted by atomic mass is 10.1. The number of aromatic nitrogens is 4. The Morgan fingerprint density at radius 3 is 2.60 bits per heavy atom. The zero-order valence-corrected chi connectivity index (χ0v) is 11.8. The average Bonchev–Trinajstić information content (AvgIpc) is 2.46. The van der Waals surface area contributed by atoms with E-state index in [0.29, 0.717) is 29.1 Å². The van der Waals surface area contributed by atoms with E-state index >= 15 is 0 Å². The first-order valence-corrected chi connectivity index (χ1v) is 6.35. The Morgan fingerprint density at radius 1 is 1.25 bits per heavy atom. The number of nitrogen functional groups attached to an aromatic ring is 1. The molecular weight excluding hydrogens is 256 g/mol. The molecule has 0 radical (unpaired) electrons. The largest absolute Gasteiger partial charge is 0.480 e. The van der Waals surface area contributed by atoms with Crippen molar-refractivity contribution in [2.24, 2.45) is 11.8 Å². The lowest BCUT2D eigenvalue weighted by Crippen LogP contribution is -2.11. The van der Waals surface area contributed by atoms with Crippen molar-refractivity contribution in [3.8, 4) is 17.4 Å². The molecule has 20 heavy (non-hydrogen) atoms. The summed E-state index contributed by atoms with van der Waals surface area (Å²) < 4.78 is 4.98. The molecule has 0 unspecified atom stereocenters. The fraction of sp³-hybridized carbons (Fsp3) is 0.385. The number of methoxy groups -OCH3 is 1. The second-order valence-corrected chi connectivity index (χ2v) is 4.77. The molecule has 0 spiro atoms. The molecule has 3 N–H and O–H groups in total. The summed E-state index contributed by atoms with van der Waals surface area (Å²) in [6, 6.07) is 5.32. The Balaban J connectivity index is 2.38. The van der Waals surface area contributed by atoms with Crippen LogP contribution in [-0.2, 0) is 6.42 Å². The highest BCUT2D eigenvalue weighted by atomic mass is 16.5. The monoisotopic (exact) mass is 274 g/mol. The van der Waals surface area contributed by atoms with E-state index < -0.39 is 0 Å². The third kappa shape index (κ3) is 3.39. The molecule has 0 aliphatic heterocycles. The van der Waals surface area contributed by atoms with E-state index in [2.05, 4.69) is 39.4 Å². The molecule has 106 valence electrons. The maximum Gasteiger partial charge on any atom is 0.233 e. The third-order valence-corrected chi connectivity index (χ3v) is 2.62. The molecule has 0 bridgehead atoms. The summed E-state index contributed by atoms with van der Waals surface area (Å²) in [4.78, 5) is 8.79. The molecule has 7 heteroatoms. The van der Waals surface area contributed by atoms with Gasteiger partial charge in [-0.2, -0.15) is 0 Å². The van der Waals surface area contributed by atoms with Crippen LogP contribution in [0.5, 0.6) is 5.88 Å². The highest BCUT2D eigenvalue weighted by molar-refractivity contribution is 5.52. The molecule has 2 aromatic rings. The van der Waals surface area contributed by atoms with Gasteiger partial charge in [0.15, 0.2) is 5.82 Å². The Labute approximate surface area is 117 Å². The van der Waals surface area contributed by atoms with Crippen LogP contribution in [0.1, 0.15) is 19.5 Å². The Morgan fingerprint density at radius 2 is 2.05 bits per heavy atom. The summed E-state index contributed by atoms with van der Waals surface area (Å²) in [5, 5.41) is 7.96. The maximum atomic E-state index is 5.45. The molecule has 0 saturated carbocycles. The lowest BCUT2D eigenvalue weighted by Gasteiger charge is -2.09. The lowest BCUT2D eigenvalue weighted by molar-refractivity contribution is 0.392. The van der Waals surface area contributed by atoms with Gasteiger partial charge in [-0.3, -0.25) is 0 Å². The third-order valence-electron chi connectivity index (χ3n) is 2.62. The van der Waals surface area contributed by atoms with Gasteiger partial charge in [-0.05, 0) is 18.4 Å². The molecule has 0 aliphatic carbocycles. The number of rotatable bonds is 5. The van der Waals surface area contributed by atoms with Crippen molar-refractivity contribution in [2.75, 3.05) is 12.5 Å². The average molecular weight is 274 g/mol. The summed E-state index contributed by atoms with van der Waals surface area (Å²) in [7, 11) is 1.54. The second kappa shape index (κ2) is 6.25. The molecule has 0 aromatic carbocycles. The van der Waals surface area contributed by atoms with Crippen LogP contribution in [0, 0.1) is 5.92 Å². The summed E-state index contributed by atoms with van der Waals surface area (Å²) >= 11 is 0. The van der Waals surface area contributed by atoms with Gasteiger partial charge in [-0.1, -0.05) is 13.8 Å². The van der Waals surface area contributed by atoms with Gasteiger partial charge in [0.1, 0.15) is 11.5 Å². The number of nitrogens with one attached hydrogen (secondary N) is 1. The molecule has 0 amide bonds. The van der Waals surface area contributed by atoms with Crippen molar-refractivity contribution >= 4 is 5.82 Å². The number of hydrogen-bond acceptors (Lipinski definition) is 7. The molecule has 0 fully saturated rings. The van der Waals surface area contributed by atoms with Crippen molar-refractivity contribution in [3.05, 3.63) is 23.9 Å². The Bertz CT molecular complexity index is 570. The van der Waals surface area contributed by atoms with Crippen LogP contribution in [0.3, 0.4) is 0 Å². The Hall–Kier alpha value is -2.28. The predicted molar refractivity (Wildman–Crippen MR) is 76.0 cm³/mol. The summed E-state index contributed by atoms with van der Waals surface area (Å²) in [5.41, 5.74) is 4.04. The molecule has 0 atom stereocenters. The minimum absolute atomic E-state index is 0.448. The van der Waals surface area contributed by atoms with E-state index in [1.54, 1.807) is 19.2 Å². The normalized spacial score (nSPS) is 10.7. The first-order chi connectivity index (χ1) is 9.62. The fourth-order valence-corrected chi connectivity index (χ4v) is 1.76. The number of nitrogens with zero attached hydrogens (tertiary/aromatic N) is 4. The van der Waals surface area contributed by atoms with E-state index in [1.165, 1.54) is 0 Å². The number of anilines is 1. The van der Waals surface area contributed by atoms with E-state index in [0.717, 1.165) is 12.1 Å². The van der Waals surface area contributed by atoms with E-state index in [9.17, 15) is 0 Å². The molecule has 7 nitrogen and oxygen atoms in total. The quantitative estimate of drug-likeness (QED) is 0.628. The van der Waals surface area contributed by atoms with Gasteiger partial charge in [0, 0.05) is 17.8 Å². The summed E-state index contributed by atoms with van der Waals surface area (Å²) in [6.45, 7) is 4.26. The predicted octanol–water partition coefficient (Wildman–Crippen LogP) is 1.43. The molecule has 0 aliphatic rings. The maximum absolute atomic E-state index is 5.45. The second-order valence-electron chi connectivity index (χ2n) is 4.77. The van der Waals surface area contributed by atoms with E-state index in [-0.39, 0.29) is 0 Å². The zero-order chi connectivity index (χ0) is 14.5. The highest BCUT2D eigenvalue weighted by Crippen LogP contribution is 2.18. The van der Waals surface area contributed by atoms with Gasteiger partial charge in [0.2, 0.25) is 5.88 Å². The van der Waals surface area contributed by atoms with Gasteiger partial charge < -0.3 is 10.2 Å². The van der Waals surface area contributed by atoms with Gasteiger partial charge in [0.05, 0.1) is 7.11 Å². The summed E-state index contributed by atoms with van der Waals surface area (Å²) in [6.07, 6.45) is 0.841. The first kappa shape index (κ1) is 14.1. The van der Waals surface area contributed by atoms with Crippen molar-refractivity contribution in [1.82, 2.24) is 20.2 Å². The first-order valence-electron chi connectivity index (χ1n) is 6.35. The van der Waals surface area contributed by atoms with Crippen LogP contribution in [0.25, 0.3) is 11.5 Å². The Kier molecular flexibility index (Phi) is 4.41. The van der Waals surface area contributed by atoms with Gasteiger partial charge in [0.25, 0.3) is 0 Å². The number of nitrogens with two attached hydrogens (primary N) is 1. The van der Waals surface area contributed by atoms with Crippen molar-refractivity contribution in [1.29, 1.82) is 0 Å². The highest BCUT2D eigenvalue weighted by Gasteiger charge is 2.10. The minimum Gasteiger partial charge on any atom is -0.480 e. The van der Waals surface area contributed by atoms with Crippen LogP contribution in [0.4, 0.5) is 5.82 Å². The number of ether oxygens (including phenoxy) is 1.